The molecule has 1 fully saturated rings. The van der Waals surface area contributed by atoms with Crippen molar-refractivity contribution in [3.8, 4) is 0 Å². The molecule has 0 radical (unpaired) electrons. The number of aryl methyl sites for hydroxylation is 1. The van der Waals surface area contributed by atoms with E-state index in [0.717, 1.165) is 37.2 Å². The Morgan fingerprint density at radius 1 is 1.12 bits per heavy atom. The van der Waals surface area contributed by atoms with Crippen LogP contribution in [0.1, 0.15) is 11.1 Å². The van der Waals surface area contributed by atoms with Crippen molar-refractivity contribution < 1.29 is 9.18 Å². The summed E-state index contributed by atoms with van der Waals surface area (Å²) in [5.41, 5.74) is 2.83. The normalized spacial score (nSPS) is 15.1. The maximum atomic E-state index is 12.9. The smallest absolute Gasteiger partial charge is 0.321 e. The molecule has 0 saturated carbocycles. The zero-order valence-corrected chi connectivity index (χ0v) is 15.6. The summed E-state index contributed by atoms with van der Waals surface area (Å²) < 4.78 is 12.9. The Morgan fingerprint density at radius 2 is 1.81 bits per heavy atom. The summed E-state index contributed by atoms with van der Waals surface area (Å²) in [4.78, 5) is 16.6. The number of piperazine rings is 1. The van der Waals surface area contributed by atoms with Crippen molar-refractivity contribution in [2.45, 2.75) is 13.3 Å². The molecule has 2 aromatic carbocycles. The Balaban J connectivity index is 1.44. The SMILES string of the molecule is Cc1ccc(NC(=O)N2CCN(CCc3ccc(F)cc3)CC2)cc1Cl. The van der Waals surface area contributed by atoms with E-state index in [2.05, 4.69) is 10.2 Å². The van der Waals surface area contributed by atoms with Crippen LogP contribution in [0.2, 0.25) is 5.02 Å². The number of rotatable bonds is 4. The van der Waals surface area contributed by atoms with Gasteiger partial charge in [-0.1, -0.05) is 29.8 Å². The van der Waals surface area contributed by atoms with E-state index in [1.54, 1.807) is 6.07 Å². The number of hydrogen-bond donors (Lipinski definition) is 1. The Hall–Kier alpha value is -2.11. The van der Waals surface area contributed by atoms with Crippen LogP contribution in [0.25, 0.3) is 0 Å². The van der Waals surface area contributed by atoms with Crippen molar-refractivity contribution in [3.05, 3.63) is 64.4 Å². The summed E-state index contributed by atoms with van der Waals surface area (Å²) in [6, 6.07) is 12.1. The van der Waals surface area contributed by atoms with Gasteiger partial charge in [-0.05, 0) is 48.7 Å². The summed E-state index contributed by atoms with van der Waals surface area (Å²) in [6.07, 6.45) is 0.883. The Morgan fingerprint density at radius 3 is 2.46 bits per heavy atom. The lowest BCUT2D eigenvalue weighted by Gasteiger charge is -2.34. The number of carbonyl (C=O) groups excluding carboxylic acids is 1. The highest BCUT2D eigenvalue weighted by Gasteiger charge is 2.21. The fraction of sp³-hybridized carbons (Fsp3) is 0.350. The second-order valence-electron chi connectivity index (χ2n) is 6.60. The molecule has 1 saturated heterocycles. The van der Waals surface area contributed by atoms with Crippen molar-refractivity contribution in [2.24, 2.45) is 0 Å². The molecule has 3 rings (SSSR count). The van der Waals surface area contributed by atoms with E-state index in [-0.39, 0.29) is 11.8 Å². The summed E-state index contributed by atoms with van der Waals surface area (Å²) in [5.74, 6) is -0.205. The molecule has 2 amide bonds. The first-order chi connectivity index (χ1) is 12.5. The predicted molar refractivity (Wildman–Crippen MR) is 103 cm³/mol. The lowest BCUT2D eigenvalue weighted by molar-refractivity contribution is 0.148. The van der Waals surface area contributed by atoms with Gasteiger partial charge < -0.3 is 10.2 Å². The van der Waals surface area contributed by atoms with Crippen LogP contribution in [0.15, 0.2) is 42.5 Å². The Labute approximate surface area is 158 Å². The van der Waals surface area contributed by atoms with Gasteiger partial charge in [-0.25, -0.2) is 9.18 Å². The molecule has 0 aliphatic carbocycles. The van der Waals surface area contributed by atoms with E-state index in [9.17, 15) is 9.18 Å². The van der Waals surface area contributed by atoms with E-state index in [4.69, 9.17) is 11.6 Å². The predicted octanol–water partition coefficient (Wildman–Crippen LogP) is 4.18. The monoisotopic (exact) mass is 375 g/mol. The number of nitrogens with zero attached hydrogens (tertiary/aromatic N) is 2. The molecular weight excluding hydrogens is 353 g/mol. The van der Waals surface area contributed by atoms with E-state index >= 15 is 0 Å². The molecular formula is C20H23ClFN3O. The maximum Gasteiger partial charge on any atom is 0.321 e. The van der Waals surface area contributed by atoms with E-state index < -0.39 is 0 Å². The van der Waals surface area contributed by atoms with Gasteiger partial charge in [0, 0.05) is 43.4 Å². The second kappa shape index (κ2) is 8.52. The van der Waals surface area contributed by atoms with Gasteiger partial charge in [-0.15, -0.1) is 0 Å². The van der Waals surface area contributed by atoms with Gasteiger partial charge in [-0.2, -0.15) is 0 Å². The molecule has 0 spiro atoms. The standard InChI is InChI=1S/C20H23ClFN3O/c1-15-2-7-18(14-19(15)21)23-20(26)25-12-10-24(11-13-25)9-8-16-3-5-17(22)6-4-16/h2-7,14H,8-13H2,1H3,(H,23,26). The third kappa shape index (κ3) is 4.96. The van der Waals surface area contributed by atoms with Crippen LogP contribution in [0, 0.1) is 12.7 Å². The number of amides is 2. The topological polar surface area (TPSA) is 35.6 Å². The molecule has 0 aromatic heterocycles. The molecule has 1 aliphatic heterocycles. The van der Waals surface area contributed by atoms with Gasteiger partial charge in [-0.3, -0.25) is 4.90 Å². The Kier molecular flexibility index (Phi) is 6.12. The average molecular weight is 376 g/mol. The van der Waals surface area contributed by atoms with Gasteiger partial charge in [0.1, 0.15) is 5.82 Å². The van der Waals surface area contributed by atoms with Gasteiger partial charge in [0.15, 0.2) is 0 Å². The van der Waals surface area contributed by atoms with Crippen LogP contribution < -0.4 is 5.32 Å². The van der Waals surface area contributed by atoms with Crippen LogP contribution >= 0.6 is 11.6 Å². The van der Waals surface area contributed by atoms with Crippen LogP contribution in [0.5, 0.6) is 0 Å². The van der Waals surface area contributed by atoms with Crippen molar-refractivity contribution in [3.63, 3.8) is 0 Å². The second-order valence-corrected chi connectivity index (χ2v) is 7.01. The first kappa shape index (κ1) is 18.7. The molecule has 138 valence electrons. The van der Waals surface area contributed by atoms with Crippen molar-refractivity contribution in [1.82, 2.24) is 9.80 Å². The van der Waals surface area contributed by atoms with Crippen LogP contribution in [-0.4, -0.2) is 48.6 Å². The molecule has 2 aromatic rings. The first-order valence-electron chi connectivity index (χ1n) is 8.80. The first-order valence-corrected chi connectivity index (χ1v) is 9.18. The number of hydrogen-bond acceptors (Lipinski definition) is 2. The molecule has 1 heterocycles. The maximum absolute atomic E-state index is 12.9. The third-order valence-electron chi connectivity index (χ3n) is 4.71. The summed E-state index contributed by atoms with van der Waals surface area (Å²) in [5, 5.41) is 3.55. The van der Waals surface area contributed by atoms with Gasteiger partial charge >= 0.3 is 6.03 Å². The minimum absolute atomic E-state index is 0.0943. The Bertz CT molecular complexity index is 758. The highest BCUT2D eigenvalue weighted by Crippen LogP contribution is 2.20. The number of anilines is 1. The van der Waals surface area contributed by atoms with Crippen molar-refractivity contribution in [1.29, 1.82) is 0 Å². The van der Waals surface area contributed by atoms with E-state index in [0.29, 0.717) is 23.8 Å². The van der Waals surface area contributed by atoms with Crippen LogP contribution in [0.4, 0.5) is 14.9 Å². The summed E-state index contributed by atoms with van der Waals surface area (Å²) in [7, 11) is 0. The average Bonchev–Trinajstić information content (AvgIpc) is 2.65. The minimum atomic E-state index is -0.205. The number of urea groups is 1. The van der Waals surface area contributed by atoms with E-state index in [1.165, 1.54) is 12.1 Å². The van der Waals surface area contributed by atoms with Gasteiger partial charge in [0.05, 0.1) is 0 Å². The van der Waals surface area contributed by atoms with Crippen LogP contribution in [-0.2, 0) is 6.42 Å². The molecule has 0 bridgehead atoms. The fourth-order valence-electron chi connectivity index (χ4n) is 2.99. The zero-order chi connectivity index (χ0) is 18.5. The number of carbonyl (C=O) groups is 1. The lowest BCUT2D eigenvalue weighted by atomic mass is 10.1. The van der Waals surface area contributed by atoms with Crippen LogP contribution in [0.3, 0.4) is 0 Å². The lowest BCUT2D eigenvalue weighted by Crippen LogP contribution is -2.50. The third-order valence-corrected chi connectivity index (χ3v) is 5.12. The molecule has 1 N–H and O–H groups in total. The molecule has 26 heavy (non-hydrogen) atoms. The number of benzene rings is 2. The highest BCUT2D eigenvalue weighted by atomic mass is 35.5. The molecule has 0 atom stereocenters. The number of nitrogens with one attached hydrogen (secondary N) is 1. The van der Waals surface area contributed by atoms with Gasteiger partial charge in [0.25, 0.3) is 0 Å². The van der Waals surface area contributed by atoms with Gasteiger partial charge in [0.2, 0.25) is 0 Å². The van der Waals surface area contributed by atoms with Crippen molar-refractivity contribution >= 4 is 23.3 Å². The number of halogens is 2. The largest absolute Gasteiger partial charge is 0.322 e. The summed E-state index contributed by atoms with van der Waals surface area (Å²) in [6.45, 7) is 5.89. The summed E-state index contributed by atoms with van der Waals surface area (Å²) >= 11 is 6.10. The zero-order valence-electron chi connectivity index (χ0n) is 14.8. The van der Waals surface area contributed by atoms with Crippen molar-refractivity contribution in [2.75, 3.05) is 38.0 Å². The molecule has 6 heteroatoms. The quantitative estimate of drug-likeness (QED) is 0.870. The fourth-order valence-corrected chi connectivity index (χ4v) is 3.17. The molecule has 4 nitrogen and oxygen atoms in total. The molecule has 1 aliphatic rings. The molecule has 0 unspecified atom stereocenters. The minimum Gasteiger partial charge on any atom is -0.322 e. The highest BCUT2D eigenvalue weighted by molar-refractivity contribution is 6.31. The van der Waals surface area contributed by atoms with E-state index in [1.807, 2.05) is 36.1 Å².